The van der Waals surface area contributed by atoms with E-state index >= 15 is 0 Å². The minimum Gasteiger partial charge on any atom is -0.369 e. The number of aromatic nitrogens is 2. The summed E-state index contributed by atoms with van der Waals surface area (Å²) in [6.45, 7) is 1.74. The van der Waals surface area contributed by atoms with Gasteiger partial charge in [0.25, 0.3) is 11.8 Å². The number of anilines is 1. The van der Waals surface area contributed by atoms with Crippen molar-refractivity contribution in [2.45, 2.75) is 11.8 Å². The highest BCUT2D eigenvalue weighted by molar-refractivity contribution is 8.00. The lowest BCUT2D eigenvalue weighted by Crippen LogP contribution is -2.14. The Morgan fingerprint density at radius 2 is 1.88 bits per heavy atom. The molecule has 0 radical (unpaired) electrons. The number of nitrogens with two attached hydrogens (primary N) is 1. The molecule has 7 nitrogen and oxygen atoms in total. The molecule has 0 aliphatic rings. The van der Waals surface area contributed by atoms with E-state index in [-0.39, 0.29) is 11.7 Å². The van der Waals surface area contributed by atoms with E-state index < -0.39 is 5.91 Å². The molecule has 0 saturated carbocycles. The number of primary amides is 1. The van der Waals surface area contributed by atoms with E-state index in [2.05, 4.69) is 15.5 Å². The molecule has 3 N–H and O–H groups in total. The van der Waals surface area contributed by atoms with Crippen molar-refractivity contribution in [2.24, 2.45) is 5.73 Å². The summed E-state index contributed by atoms with van der Waals surface area (Å²) in [7, 11) is 0. The van der Waals surface area contributed by atoms with Crippen molar-refractivity contribution in [3.8, 4) is 11.5 Å². The summed E-state index contributed by atoms with van der Waals surface area (Å²) < 4.78 is 5.11. The second kappa shape index (κ2) is 7.83. The zero-order valence-corrected chi connectivity index (χ0v) is 14.7. The number of carbonyl (C=O) groups excluding carboxylic acids is 2. The zero-order chi connectivity index (χ0) is 18.5. The van der Waals surface area contributed by atoms with Crippen molar-refractivity contribution in [3.63, 3.8) is 0 Å². The van der Waals surface area contributed by atoms with Gasteiger partial charge in [0.1, 0.15) is 0 Å². The average Bonchev–Trinajstić information content (AvgIpc) is 3.07. The van der Waals surface area contributed by atoms with Crippen molar-refractivity contribution in [3.05, 3.63) is 59.9 Å². The molecular formula is C18H16N4O3S. The van der Waals surface area contributed by atoms with Crippen LogP contribution in [-0.4, -0.2) is 27.7 Å². The Hall–Kier alpha value is -3.13. The summed E-state index contributed by atoms with van der Waals surface area (Å²) in [6, 6.07) is 14.1. The van der Waals surface area contributed by atoms with Gasteiger partial charge in [-0.2, -0.15) is 4.98 Å². The van der Waals surface area contributed by atoms with E-state index in [9.17, 15) is 9.59 Å². The highest BCUT2D eigenvalue weighted by Gasteiger charge is 2.12. The highest BCUT2D eigenvalue weighted by Crippen LogP contribution is 2.27. The maximum atomic E-state index is 12.5. The van der Waals surface area contributed by atoms with Crippen molar-refractivity contribution in [1.82, 2.24) is 10.1 Å². The standard InChI is InChI=1S/C18H16N4O3S/c1-11-20-18(25-22-11)13-8-6-12(7-9-13)17(24)21-14-4-2-3-5-15(14)26-10-16(19)23/h2-9H,10H2,1H3,(H2,19,23)(H,21,24). The fraction of sp³-hybridized carbons (Fsp3) is 0.111. The Morgan fingerprint density at radius 1 is 1.15 bits per heavy atom. The van der Waals surface area contributed by atoms with Crippen LogP contribution in [0, 0.1) is 6.92 Å². The number of carbonyl (C=O) groups is 2. The number of benzene rings is 2. The molecular weight excluding hydrogens is 352 g/mol. The minimum absolute atomic E-state index is 0.144. The number of aryl methyl sites for hydroxylation is 1. The lowest BCUT2D eigenvalue weighted by molar-refractivity contribution is -0.115. The monoisotopic (exact) mass is 368 g/mol. The van der Waals surface area contributed by atoms with Crippen LogP contribution >= 0.6 is 11.8 Å². The van der Waals surface area contributed by atoms with Gasteiger partial charge in [-0.05, 0) is 43.3 Å². The number of thioether (sulfide) groups is 1. The van der Waals surface area contributed by atoms with Gasteiger partial charge in [-0.1, -0.05) is 17.3 Å². The van der Waals surface area contributed by atoms with Crippen molar-refractivity contribution >= 4 is 29.3 Å². The summed E-state index contributed by atoms with van der Waals surface area (Å²) in [4.78, 5) is 28.4. The molecule has 3 rings (SSSR count). The number of nitrogens with zero attached hydrogens (tertiary/aromatic N) is 2. The van der Waals surface area contributed by atoms with Crippen molar-refractivity contribution in [1.29, 1.82) is 0 Å². The largest absolute Gasteiger partial charge is 0.369 e. The first-order valence-electron chi connectivity index (χ1n) is 7.75. The van der Waals surface area contributed by atoms with Crippen LogP contribution in [0.25, 0.3) is 11.5 Å². The molecule has 3 aromatic rings. The first kappa shape index (κ1) is 17.7. The Bertz CT molecular complexity index is 938. The molecule has 1 aromatic heterocycles. The molecule has 132 valence electrons. The van der Waals surface area contributed by atoms with Crippen molar-refractivity contribution < 1.29 is 14.1 Å². The first-order chi connectivity index (χ1) is 12.5. The van der Waals surface area contributed by atoms with Gasteiger partial charge < -0.3 is 15.6 Å². The molecule has 0 aliphatic carbocycles. The third-order valence-corrected chi connectivity index (χ3v) is 4.52. The predicted molar refractivity (Wildman–Crippen MR) is 98.8 cm³/mol. The fourth-order valence-electron chi connectivity index (χ4n) is 2.22. The van der Waals surface area contributed by atoms with E-state index in [1.54, 1.807) is 37.3 Å². The number of para-hydroxylation sites is 1. The lowest BCUT2D eigenvalue weighted by Gasteiger charge is -2.10. The molecule has 26 heavy (non-hydrogen) atoms. The normalized spacial score (nSPS) is 10.5. The van der Waals surface area contributed by atoms with Gasteiger partial charge in [-0.15, -0.1) is 11.8 Å². The van der Waals surface area contributed by atoms with Crippen LogP contribution in [0.2, 0.25) is 0 Å². The molecule has 0 atom stereocenters. The molecule has 8 heteroatoms. The minimum atomic E-state index is -0.414. The third kappa shape index (κ3) is 4.28. The van der Waals surface area contributed by atoms with Gasteiger partial charge in [0.2, 0.25) is 5.91 Å². The van der Waals surface area contributed by atoms with Gasteiger partial charge in [-0.25, -0.2) is 0 Å². The van der Waals surface area contributed by atoms with Gasteiger partial charge in [0.15, 0.2) is 5.82 Å². The quantitative estimate of drug-likeness (QED) is 0.647. The van der Waals surface area contributed by atoms with Crippen LogP contribution in [0.4, 0.5) is 5.69 Å². The zero-order valence-electron chi connectivity index (χ0n) is 13.9. The third-order valence-electron chi connectivity index (χ3n) is 3.43. The fourth-order valence-corrected chi connectivity index (χ4v) is 2.96. The van der Waals surface area contributed by atoms with Crippen LogP contribution in [0.1, 0.15) is 16.2 Å². The van der Waals surface area contributed by atoms with Crippen LogP contribution in [0.15, 0.2) is 57.9 Å². The summed E-state index contributed by atoms with van der Waals surface area (Å²) in [5, 5.41) is 6.60. The number of hydrogen-bond acceptors (Lipinski definition) is 6. The summed E-state index contributed by atoms with van der Waals surface area (Å²) in [5.74, 6) is 0.424. The Kier molecular flexibility index (Phi) is 5.33. The summed E-state index contributed by atoms with van der Waals surface area (Å²) in [5.41, 5.74) is 7.03. The van der Waals surface area contributed by atoms with E-state index in [1.807, 2.05) is 18.2 Å². The van der Waals surface area contributed by atoms with Crippen LogP contribution in [-0.2, 0) is 4.79 Å². The van der Waals surface area contributed by atoms with E-state index in [0.717, 1.165) is 10.5 Å². The van der Waals surface area contributed by atoms with Crippen LogP contribution < -0.4 is 11.1 Å². The van der Waals surface area contributed by atoms with Gasteiger partial charge in [0.05, 0.1) is 11.4 Å². The molecule has 0 fully saturated rings. The molecule has 0 saturated heterocycles. The second-order valence-corrected chi connectivity index (χ2v) is 6.45. The molecule has 0 spiro atoms. The maximum absolute atomic E-state index is 12.5. The number of hydrogen-bond donors (Lipinski definition) is 2. The predicted octanol–water partition coefficient (Wildman–Crippen LogP) is 2.87. The van der Waals surface area contributed by atoms with Gasteiger partial charge in [0, 0.05) is 16.0 Å². The molecule has 0 bridgehead atoms. The molecule has 1 heterocycles. The second-order valence-electron chi connectivity index (χ2n) is 5.43. The number of rotatable bonds is 6. The molecule has 0 unspecified atom stereocenters. The Balaban J connectivity index is 1.73. The van der Waals surface area contributed by atoms with Gasteiger partial charge >= 0.3 is 0 Å². The molecule has 2 aromatic carbocycles. The lowest BCUT2D eigenvalue weighted by atomic mass is 10.1. The summed E-state index contributed by atoms with van der Waals surface area (Å²) in [6.07, 6.45) is 0. The SMILES string of the molecule is Cc1noc(-c2ccc(C(=O)Nc3ccccc3SCC(N)=O)cc2)n1. The van der Waals surface area contributed by atoms with E-state index in [4.69, 9.17) is 10.3 Å². The van der Waals surface area contributed by atoms with E-state index in [0.29, 0.717) is 23.0 Å². The Labute approximate surface area is 154 Å². The van der Waals surface area contributed by atoms with Gasteiger partial charge in [-0.3, -0.25) is 9.59 Å². The Morgan fingerprint density at radius 3 is 2.54 bits per heavy atom. The molecule has 2 amide bonds. The van der Waals surface area contributed by atoms with Crippen LogP contribution in [0.3, 0.4) is 0 Å². The van der Waals surface area contributed by atoms with Crippen molar-refractivity contribution in [2.75, 3.05) is 11.1 Å². The number of amides is 2. The average molecular weight is 368 g/mol. The van der Waals surface area contributed by atoms with E-state index in [1.165, 1.54) is 11.8 Å². The smallest absolute Gasteiger partial charge is 0.257 e. The topological polar surface area (TPSA) is 111 Å². The first-order valence-corrected chi connectivity index (χ1v) is 8.74. The maximum Gasteiger partial charge on any atom is 0.257 e. The molecule has 0 aliphatic heterocycles. The number of nitrogens with one attached hydrogen (secondary N) is 1. The van der Waals surface area contributed by atoms with Crippen LogP contribution in [0.5, 0.6) is 0 Å². The summed E-state index contributed by atoms with van der Waals surface area (Å²) >= 11 is 1.28. The highest BCUT2D eigenvalue weighted by atomic mass is 32.2.